The zero-order valence-electron chi connectivity index (χ0n) is 19.0. The van der Waals surface area contributed by atoms with E-state index in [1.807, 2.05) is 43.3 Å². The Morgan fingerprint density at radius 3 is 2.68 bits per heavy atom. The third-order valence-electron chi connectivity index (χ3n) is 6.37. The Balaban J connectivity index is 1.60. The number of hydrogen-bond acceptors (Lipinski definition) is 6. The van der Waals surface area contributed by atoms with Gasteiger partial charge >= 0.3 is 0 Å². The Labute approximate surface area is 197 Å². The van der Waals surface area contributed by atoms with E-state index in [9.17, 15) is 9.59 Å². The Morgan fingerprint density at radius 1 is 1.12 bits per heavy atom. The van der Waals surface area contributed by atoms with Gasteiger partial charge in [-0.25, -0.2) is 4.98 Å². The quantitative estimate of drug-likeness (QED) is 0.580. The maximum Gasteiger partial charge on any atom is 0.255 e. The lowest BCUT2D eigenvalue weighted by Crippen LogP contribution is -2.37. The third kappa shape index (κ3) is 3.90. The van der Waals surface area contributed by atoms with E-state index in [1.54, 1.807) is 37.8 Å². The molecule has 2 atom stereocenters. The molecule has 34 heavy (non-hydrogen) atoms. The van der Waals surface area contributed by atoms with Crippen molar-refractivity contribution < 1.29 is 18.7 Å². The molecule has 0 unspecified atom stereocenters. The van der Waals surface area contributed by atoms with Crippen LogP contribution in [0.25, 0.3) is 0 Å². The molecule has 5 rings (SSSR count). The number of pyridine rings is 1. The molecule has 0 fully saturated rings. The highest BCUT2D eigenvalue weighted by molar-refractivity contribution is 6.09. The topological polar surface area (TPSA) is 93.5 Å². The minimum atomic E-state index is -0.568. The molecular weight excluding hydrogens is 430 g/mol. The van der Waals surface area contributed by atoms with Crippen molar-refractivity contribution in [1.29, 1.82) is 0 Å². The van der Waals surface area contributed by atoms with Gasteiger partial charge in [-0.2, -0.15) is 0 Å². The van der Waals surface area contributed by atoms with Crippen LogP contribution < -0.4 is 15.4 Å². The lowest BCUT2D eigenvalue weighted by Gasteiger charge is -2.36. The number of para-hydroxylation sites is 1. The highest BCUT2D eigenvalue weighted by Gasteiger charge is 2.42. The van der Waals surface area contributed by atoms with Crippen LogP contribution in [-0.4, -0.2) is 23.8 Å². The van der Waals surface area contributed by atoms with Gasteiger partial charge in [0.1, 0.15) is 17.3 Å². The highest BCUT2D eigenvalue weighted by Crippen LogP contribution is 2.47. The molecule has 0 spiro atoms. The molecule has 2 aromatic heterocycles. The van der Waals surface area contributed by atoms with Gasteiger partial charge in [-0.05, 0) is 43.7 Å². The number of benzene rings is 1. The number of rotatable bonds is 5. The molecule has 0 saturated heterocycles. The summed E-state index contributed by atoms with van der Waals surface area (Å²) in [6.07, 6.45) is 4.18. The molecule has 3 aromatic rings. The van der Waals surface area contributed by atoms with E-state index in [1.165, 1.54) is 0 Å². The second-order valence-electron chi connectivity index (χ2n) is 8.44. The molecule has 1 aliphatic carbocycles. The minimum absolute atomic E-state index is 0.0123. The number of nitrogens with zero attached hydrogens (tertiary/aromatic N) is 1. The van der Waals surface area contributed by atoms with E-state index in [0.29, 0.717) is 41.3 Å². The van der Waals surface area contributed by atoms with Crippen molar-refractivity contribution in [2.75, 3.05) is 12.4 Å². The fourth-order valence-electron chi connectivity index (χ4n) is 4.90. The Bertz CT molecular complexity index is 1290. The number of aromatic nitrogens is 1. The van der Waals surface area contributed by atoms with E-state index < -0.39 is 5.92 Å². The van der Waals surface area contributed by atoms with Gasteiger partial charge < -0.3 is 19.8 Å². The van der Waals surface area contributed by atoms with Gasteiger partial charge in [-0.3, -0.25) is 9.59 Å². The maximum absolute atomic E-state index is 13.6. The van der Waals surface area contributed by atoms with Gasteiger partial charge in [-0.15, -0.1) is 0 Å². The van der Waals surface area contributed by atoms with Crippen LogP contribution in [0.15, 0.2) is 94.0 Å². The first kappa shape index (κ1) is 21.7. The number of furan rings is 1. The minimum Gasteiger partial charge on any atom is -0.496 e. The number of Topliss-reactive ketones (excluding diaryl/α,β-unsaturated/α-hetero) is 1. The number of ketones is 1. The van der Waals surface area contributed by atoms with Gasteiger partial charge in [0.15, 0.2) is 5.78 Å². The van der Waals surface area contributed by atoms with Crippen molar-refractivity contribution in [1.82, 2.24) is 10.3 Å². The smallest absolute Gasteiger partial charge is 0.255 e. The number of methoxy groups -OCH3 is 1. The van der Waals surface area contributed by atoms with Crippen LogP contribution in [0.4, 0.5) is 5.82 Å². The molecule has 3 heterocycles. The van der Waals surface area contributed by atoms with Gasteiger partial charge in [-0.1, -0.05) is 24.3 Å². The van der Waals surface area contributed by atoms with Crippen LogP contribution in [0, 0.1) is 0 Å². The van der Waals surface area contributed by atoms with Crippen molar-refractivity contribution in [3.05, 3.63) is 101 Å². The average molecular weight is 456 g/mol. The summed E-state index contributed by atoms with van der Waals surface area (Å²) < 4.78 is 11.2. The fourth-order valence-corrected chi connectivity index (χ4v) is 4.90. The molecule has 2 aliphatic rings. The zero-order chi connectivity index (χ0) is 23.7. The highest BCUT2D eigenvalue weighted by atomic mass is 16.5. The normalized spacial score (nSPS) is 20.0. The van der Waals surface area contributed by atoms with E-state index in [-0.39, 0.29) is 17.6 Å². The van der Waals surface area contributed by atoms with Crippen LogP contribution in [0.2, 0.25) is 0 Å². The Kier molecular flexibility index (Phi) is 5.76. The van der Waals surface area contributed by atoms with Gasteiger partial charge in [0.25, 0.3) is 5.91 Å². The number of nitrogens with one attached hydrogen (secondary N) is 2. The van der Waals surface area contributed by atoms with Crippen molar-refractivity contribution in [2.45, 2.75) is 31.6 Å². The van der Waals surface area contributed by atoms with Crippen LogP contribution in [0.5, 0.6) is 5.75 Å². The van der Waals surface area contributed by atoms with Crippen molar-refractivity contribution >= 4 is 17.5 Å². The second kappa shape index (κ2) is 9.02. The first-order valence-electron chi connectivity index (χ1n) is 11.2. The summed E-state index contributed by atoms with van der Waals surface area (Å²) in [5.74, 6) is 0.909. The first-order chi connectivity index (χ1) is 16.6. The molecule has 7 nitrogen and oxygen atoms in total. The summed E-state index contributed by atoms with van der Waals surface area (Å²) in [5.41, 5.74) is 3.36. The van der Waals surface area contributed by atoms with Gasteiger partial charge in [0, 0.05) is 46.6 Å². The third-order valence-corrected chi connectivity index (χ3v) is 6.37. The number of amides is 1. The number of hydrogen-bond donors (Lipinski definition) is 2. The zero-order valence-corrected chi connectivity index (χ0v) is 19.0. The first-order valence-corrected chi connectivity index (χ1v) is 11.2. The molecular formula is C27H25N3O4. The predicted octanol–water partition coefficient (Wildman–Crippen LogP) is 4.68. The molecule has 172 valence electrons. The van der Waals surface area contributed by atoms with Crippen LogP contribution in [0.3, 0.4) is 0 Å². The fraction of sp³-hybridized carbons (Fsp3) is 0.222. The van der Waals surface area contributed by atoms with Crippen LogP contribution >= 0.6 is 0 Å². The average Bonchev–Trinajstić information content (AvgIpc) is 3.39. The van der Waals surface area contributed by atoms with Crippen molar-refractivity contribution in [3.63, 3.8) is 0 Å². The number of allylic oxidation sites excluding steroid dienone is 3. The molecule has 1 aromatic carbocycles. The van der Waals surface area contributed by atoms with Crippen LogP contribution in [0.1, 0.15) is 42.9 Å². The molecule has 2 N–H and O–H groups in total. The van der Waals surface area contributed by atoms with Gasteiger partial charge in [0.05, 0.1) is 19.3 Å². The monoisotopic (exact) mass is 455 g/mol. The molecule has 0 radical (unpaired) electrons. The number of ether oxygens (including phenoxy) is 1. The molecule has 0 saturated carbocycles. The lowest BCUT2D eigenvalue weighted by molar-refractivity contribution is -0.116. The van der Waals surface area contributed by atoms with Crippen molar-refractivity contribution in [3.8, 4) is 5.75 Å². The summed E-state index contributed by atoms with van der Waals surface area (Å²) in [6.45, 7) is 1.86. The summed E-state index contributed by atoms with van der Waals surface area (Å²) in [6, 6.07) is 16.6. The Morgan fingerprint density at radius 2 is 1.94 bits per heavy atom. The summed E-state index contributed by atoms with van der Waals surface area (Å²) >= 11 is 0. The molecule has 1 amide bonds. The SMILES string of the molecule is COc1ccccc1[C@H]1C(C(=O)Nc2ccccn2)=C(C)NC2=C1C(=O)C[C@H](c1ccco1)C2. The molecule has 7 heteroatoms. The summed E-state index contributed by atoms with van der Waals surface area (Å²) in [5, 5.41) is 6.25. The number of dihydropyridines is 1. The number of anilines is 1. The maximum atomic E-state index is 13.6. The molecule has 0 bridgehead atoms. The summed E-state index contributed by atoms with van der Waals surface area (Å²) in [7, 11) is 1.59. The number of carbonyl (C=O) groups excluding carboxylic acids is 2. The predicted molar refractivity (Wildman–Crippen MR) is 127 cm³/mol. The number of carbonyl (C=O) groups is 2. The van der Waals surface area contributed by atoms with E-state index in [0.717, 1.165) is 17.0 Å². The van der Waals surface area contributed by atoms with Crippen molar-refractivity contribution in [2.24, 2.45) is 0 Å². The van der Waals surface area contributed by atoms with Crippen LogP contribution in [-0.2, 0) is 9.59 Å². The largest absolute Gasteiger partial charge is 0.496 e. The lowest BCUT2D eigenvalue weighted by atomic mass is 9.72. The summed E-state index contributed by atoms with van der Waals surface area (Å²) in [4.78, 5) is 31.4. The van der Waals surface area contributed by atoms with E-state index in [2.05, 4.69) is 15.6 Å². The van der Waals surface area contributed by atoms with E-state index in [4.69, 9.17) is 9.15 Å². The Hall–Kier alpha value is -4.13. The molecule has 1 aliphatic heterocycles. The van der Waals surface area contributed by atoms with E-state index >= 15 is 0 Å². The second-order valence-corrected chi connectivity index (χ2v) is 8.44. The standard InChI is InChI=1S/C27H25N3O4/c1-16-24(27(32)30-23-11-5-6-12-28-23)25(18-8-3-4-9-22(18)33-2)26-19(29-16)14-17(15-20(26)31)21-10-7-13-34-21/h3-13,17,25,29H,14-15H2,1-2H3,(H,28,30,32)/t17-,25+/m1/s1. The van der Waals surface area contributed by atoms with Gasteiger partial charge in [0.2, 0.25) is 0 Å².